The minimum atomic E-state index is -0.564. The summed E-state index contributed by atoms with van der Waals surface area (Å²) in [6.07, 6.45) is 0. The highest BCUT2D eigenvalue weighted by Gasteiger charge is 2.19. The molecule has 3 rings (SSSR count). The minimum Gasteiger partial charge on any atom is -0.453 e. The van der Waals surface area contributed by atoms with Gasteiger partial charge >= 0.3 is 5.97 Å². The van der Waals surface area contributed by atoms with E-state index in [4.69, 9.17) is 16.3 Å². The van der Waals surface area contributed by atoms with E-state index in [1.165, 1.54) is 22.7 Å². The average Bonchev–Trinajstić information content (AvgIpc) is 3.13. The van der Waals surface area contributed by atoms with Crippen molar-refractivity contribution < 1.29 is 14.3 Å². The first-order valence-corrected chi connectivity index (χ1v) is 8.15. The molecule has 0 bridgehead atoms. The number of ketones is 1. The Labute approximate surface area is 133 Å². The average molecular weight is 337 g/mol. The van der Waals surface area contributed by atoms with Crippen molar-refractivity contribution in [1.82, 2.24) is 0 Å². The van der Waals surface area contributed by atoms with Gasteiger partial charge in [0.2, 0.25) is 5.78 Å². The van der Waals surface area contributed by atoms with Crippen LogP contribution in [0, 0.1) is 0 Å². The fraction of sp³-hybridized carbons (Fsp3) is 0.0667. The number of carbonyl (C=O) groups excluding carboxylic acids is 2. The monoisotopic (exact) mass is 336 g/mol. The lowest BCUT2D eigenvalue weighted by Crippen LogP contribution is -2.12. The zero-order valence-corrected chi connectivity index (χ0v) is 13.1. The highest BCUT2D eigenvalue weighted by Crippen LogP contribution is 2.35. The smallest absolute Gasteiger partial charge is 0.350 e. The molecule has 0 amide bonds. The van der Waals surface area contributed by atoms with Gasteiger partial charge in [-0.3, -0.25) is 4.79 Å². The summed E-state index contributed by atoms with van der Waals surface area (Å²) in [4.78, 5) is 24.8. The molecular weight excluding hydrogens is 328 g/mol. The van der Waals surface area contributed by atoms with Gasteiger partial charge in [0.15, 0.2) is 6.61 Å². The normalized spacial score (nSPS) is 10.7. The van der Waals surface area contributed by atoms with E-state index in [2.05, 4.69) is 0 Å². The van der Waals surface area contributed by atoms with Gasteiger partial charge in [-0.05, 0) is 17.5 Å². The van der Waals surface area contributed by atoms with Crippen molar-refractivity contribution in [3.05, 3.63) is 56.6 Å². The lowest BCUT2D eigenvalue weighted by atomic mass is 10.2. The van der Waals surface area contributed by atoms with E-state index in [1.54, 1.807) is 17.5 Å². The fourth-order valence-electron chi connectivity index (χ4n) is 1.85. The fourth-order valence-corrected chi connectivity index (χ4v) is 3.90. The number of carbonyl (C=O) groups is 2. The van der Waals surface area contributed by atoms with Gasteiger partial charge in [-0.25, -0.2) is 4.79 Å². The second-order valence-corrected chi connectivity index (χ2v) is 6.60. The van der Waals surface area contributed by atoms with Gasteiger partial charge < -0.3 is 4.74 Å². The summed E-state index contributed by atoms with van der Waals surface area (Å²) in [7, 11) is 0. The van der Waals surface area contributed by atoms with Crippen molar-refractivity contribution in [2.45, 2.75) is 0 Å². The summed E-state index contributed by atoms with van der Waals surface area (Å²) in [5.74, 6) is -0.776. The number of benzene rings is 1. The second-order valence-electron chi connectivity index (χ2n) is 4.22. The maximum Gasteiger partial charge on any atom is 0.350 e. The van der Waals surface area contributed by atoms with Gasteiger partial charge in [-0.2, -0.15) is 0 Å². The molecule has 2 aromatic heterocycles. The van der Waals surface area contributed by atoms with Crippen molar-refractivity contribution in [2.75, 3.05) is 6.61 Å². The Bertz CT molecular complexity index is 806. The molecular formula is C15H9ClO3S2. The largest absolute Gasteiger partial charge is 0.453 e. The number of hydrogen-bond acceptors (Lipinski definition) is 5. The Kier molecular flexibility index (Phi) is 4.05. The number of esters is 1. The van der Waals surface area contributed by atoms with Crippen LogP contribution in [0.15, 0.2) is 41.8 Å². The molecule has 21 heavy (non-hydrogen) atoms. The summed E-state index contributed by atoms with van der Waals surface area (Å²) in [6, 6.07) is 11.0. The summed E-state index contributed by atoms with van der Waals surface area (Å²) in [5, 5.41) is 3.00. The quantitative estimate of drug-likeness (QED) is 0.514. The molecule has 6 heteroatoms. The van der Waals surface area contributed by atoms with E-state index < -0.39 is 5.97 Å². The van der Waals surface area contributed by atoms with Crippen molar-refractivity contribution in [1.29, 1.82) is 0 Å². The lowest BCUT2D eigenvalue weighted by Gasteiger charge is -2.01. The van der Waals surface area contributed by atoms with Gasteiger partial charge in [-0.1, -0.05) is 35.9 Å². The molecule has 0 saturated carbocycles. The van der Waals surface area contributed by atoms with E-state index >= 15 is 0 Å². The van der Waals surface area contributed by atoms with Crippen LogP contribution in [0.2, 0.25) is 5.02 Å². The summed E-state index contributed by atoms with van der Waals surface area (Å²) in [5.41, 5.74) is 0. The maximum absolute atomic E-state index is 12.1. The van der Waals surface area contributed by atoms with E-state index in [0.29, 0.717) is 14.8 Å². The molecule has 0 aliphatic rings. The first-order chi connectivity index (χ1) is 10.2. The number of Topliss-reactive ketones (excluding diaryl/α,β-unsaturated/α-hetero) is 1. The van der Waals surface area contributed by atoms with Crippen LogP contribution in [0.25, 0.3) is 10.1 Å². The molecule has 106 valence electrons. The molecule has 0 N–H and O–H groups in total. The molecule has 3 aromatic rings. The Hall–Kier alpha value is -1.69. The first kappa shape index (κ1) is 14.3. The molecule has 2 heterocycles. The molecule has 3 nitrogen and oxygen atoms in total. The molecule has 0 aliphatic carbocycles. The summed E-state index contributed by atoms with van der Waals surface area (Å²) in [6.45, 7) is -0.274. The number of fused-ring (bicyclic) bond motifs is 1. The van der Waals surface area contributed by atoms with Crippen LogP contribution in [0.4, 0.5) is 0 Å². The third kappa shape index (κ3) is 2.85. The number of ether oxygens (including phenoxy) is 1. The van der Waals surface area contributed by atoms with Crippen molar-refractivity contribution in [3.8, 4) is 0 Å². The maximum atomic E-state index is 12.1. The van der Waals surface area contributed by atoms with Gasteiger partial charge in [0.05, 0.1) is 9.90 Å². The van der Waals surface area contributed by atoms with E-state index in [0.717, 1.165) is 10.1 Å². The van der Waals surface area contributed by atoms with Crippen LogP contribution < -0.4 is 0 Å². The Morgan fingerprint density at radius 1 is 1.14 bits per heavy atom. The SMILES string of the molecule is O=C(COC(=O)c1sc2ccccc2c1Cl)c1cccs1. The van der Waals surface area contributed by atoms with Gasteiger partial charge in [0.25, 0.3) is 0 Å². The third-order valence-corrected chi connectivity index (χ3v) is 5.42. The van der Waals surface area contributed by atoms with Crippen molar-refractivity contribution in [2.24, 2.45) is 0 Å². The molecule has 1 aromatic carbocycles. The topological polar surface area (TPSA) is 43.4 Å². The molecule has 0 fully saturated rings. The van der Waals surface area contributed by atoms with Crippen molar-refractivity contribution in [3.63, 3.8) is 0 Å². The summed E-state index contributed by atoms with van der Waals surface area (Å²) < 4.78 is 5.98. The zero-order chi connectivity index (χ0) is 14.8. The zero-order valence-electron chi connectivity index (χ0n) is 10.7. The molecule has 0 radical (unpaired) electrons. The molecule has 0 saturated heterocycles. The molecule has 0 unspecified atom stereocenters. The standard InChI is InChI=1S/C15H9ClO3S2/c16-13-9-4-1-2-5-11(9)21-14(13)15(18)19-8-10(17)12-6-3-7-20-12/h1-7H,8H2. The van der Waals surface area contributed by atoms with Gasteiger partial charge in [0.1, 0.15) is 4.88 Å². The molecule has 0 aliphatic heterocycles. The van der Waals surface area contributed by atoms with Gasteiger partial charge in [0, 0.05) is 10.1 Å². The van der Waals surface area contributed by atoms with E-state index in [-0.39, 0.29) is 12.4 Å². The van der Waals surface area contributed by atoms with Crippen LogP contribution >= 0.6 is 34.3 Å². The number of halogens is 1. The number of hydrogen-bond donors (Lipinski definition) is 0. The highest BCUT2D eigenvalue weighted by atomic mass is 35.5. The predicted octanol–water partition coefficient (Wildman–Crippen LogP) is 4.66. The molecule has 0 atom stereocenters. The van der Waals surface area contributed by atoms with Crippen LogP contribution in [0.1, 0.15) is 19.3 Å². The Morgan fingerprint density at radius 2 is 1.95 bits per heavy atom. The van der Waals surface area contributed by atoms with Crippen LogP contribution in [-0.2, 0) is 4.74 Å². The van der Waals surface area contributed by atoms with Crippen LogP contribution in [0.3, 0.4) is 0 Å². The minimum absolute atomic E-state index is 0.212. The Morgan fingerprint density at radius 3 is 2.67 bits per heavy atom. The van der Waals surface area contributed by atoms with E-state index in [9.17, 15) is 9.59 Å². The van der Waals surface area contributed by atoms with Crippen molar-refractivity contribution >= 4 is 56.1 Å². The third-order valence-electron chi connectivity index (χ3n) is 2.85. The molecule has 0 spiro atoms. The van der Waals surface area contributed by atoms with Crippen LogP contribution in [0.5, 0.6) is 0 Å². The Balaban J connectivity index is 1.75. The lowest BCUT2D eigenvalue weighted by molar-refractivity contribution is 0.0481. The number of thiophene rings is 2. The number of rotatable bonds is 4. The van der Waals surface area contributed by atoms with E-state index in [1.807, 2.05) is 24.3 Å². The van der Waals surface area contributed by atoms with Crippen LogP contribution in [-0.4, -0.2) is 18.4 Å². The predicted molar refractivity (Wildman–Crippen MR) is 85.8 cm³/mol. The second kappa shape index (κ2) is 5.97. The highest BCUT2D eigenvalue weighted by molar-refractivity contribution is 7.21. The summed E-state index contributed by atoms with van der Waals surface area (Å²) >= 11 is 8.78. The van der Waals surface area contributed by atoms with Gasteiger partial charge in [-0.15, -0.1) is 22.7 Å². The first-order valence-electron chi connectivity index (χ1n) is 6.07.